The average Bonchev–Trinajstić information content (AvgIpc) is 2.82. The van der Waals surface area contributed by atoms with Gasteiger partial charge in [0, 0.05) is 23.3 Å². The molecule has 0 aromatic carbocycles. The van der Waals surface area contributed by atoms with Crippen molar-refractivity contribution >= 4 is 22.9 Å². The normalized spacial score (nSPS) is 12.6. The van der Waals surface area contributed by atoms with Crippen LogP contribution in [0.2, 0.25) is 4.34 Å². The lowest BCUT2D eigenvalue weighted by molar-refractivity contribution is 0.536. The quantitative estimate of drug-likeness (QED) is 0.862. The van der Waals surface area contributed by atoms with Crippen LogP contribution in [0, 0.1) is 0 Å². The third-order valence-corrected chi connectivity index (χ3v) is 4.11. The molecule has 18 heavy (non-hydrogen) atoms. The van der Waals surface area contributed by atoms with Crippen molar-refractivity contribution in [3.63, 3.8) is 0 Å². The van der Waals surface area contributed by atoms with Gasteiger partial charge in [-0.3, -0.25) is 4.98 Å². The molecule has 96 valence electrons. The highest BCUT2D eigenvalue weighted by Crippen LogP contribution is 2.28. The summed E-state index contributed by atoms with van der Waals surface area (Å²) in [5.41, 5.74) is 1.29. The summed E-state index contributed by atoms with van der Waals surface area (Å²) < 4.78 is 0.850. The fourth-order valence-corrected chi connectivity index (χ4v) is 3.00. The van der Waals surface area contributed by atoms with Gasteiger partial charge in [0.05, 0.1) is 4.34 Å². The van der Waals surface area contributed by atoms with Crippen molar-refractivity contribution < 1.29 is 0 Å². The Kier molecular flexibility index (Phi) is 5.17. The van der Waals surface area contributed by atoms with E-state index in [1.54, 1.807) is 11.3 Å². The van der Waals surface area contributed by atoms with Gasteiger partial charge in [-0.25, -0.2) is 0 Å². The van der Waals surface area contributed by atoms with Crippen LogP contribution in [0.1, 0.15) is 29.8 Å². The van der Waals surface area contributed by atoms with Gasteiger partial charge >= 0.3 is 0 Å². The minimum atomic E-state index is 0.338. The summed E-state index contributed by atoms with van der Waals surface area (Å²) in [6.07, 6.45) is 5.78. The zero-order valence-electron chi connectivity index (χ0n) is 10.4. The maximum absolute atomic E-state index is 6.02. The highest BCUT2D eigenvalue weighted by molar-refractivity contribution is 7.16. The fraction of sp³-hybridized carbons (Fsp3) is 0.357. The van der Waals surface area contributed by atoms with E-state index in [-0.39, 0.29) is 0 Å². The molecule has 0 aliphatic rings. The number of hydrogen-bond acceptors (Lipinski definition) is 3. The first-order chi connectivity index (χ1) is 8.79. The molecule has 0 saturated heterocycles. The summed E-state index contributed by atoms with van der Waals surface area (Å²) in [4.78, 5) is 5.35. The van der Waals surface area contributed by atoms with Crippen LogP contribution in [0.25, 0.3) is 0 Å². The number of aromatic nitrogens is 1. The van der Waals surface area contributed by atoms with Gasteiger partial charge in [-0.2, -0.15) is 0 Å². The molecule has 0 saturated carbocycles. The van der Waals surface area contributed by atoms with Crippen LogP contribution >= 0.6 is 22.9 Å². The molecule has 0 fully saturated rings. The number of rotatable bonds is 6. The molecule has 2 nitrogen and oxygen atoms in total. The molecule has 2 aromatic rings. The van der Waals surface area contributed by atoms with Crippen LogP contribution in [-0.4, -0.2) is 11.5 Å². The Hall–Kier alpha value is -0.900. The molecule has 2 aromatic heterocycles. The second kappa shape index (κ2) is 6.88. The maximum Gasteiger partial charge on any atom is 0.0931 e. The van der Waals surface area contributed by atoms with E-state index in [1.807, 2.05) is 18.5 Å². The zero-order valence-corrected chi connectivity index (χ0v) is 12.0. The van der Waals surface area contributed by atoms with Crippen molar-refractivity contribution in [1.29, 1.82) is 0 Å². The molecule has 1 atom stereocenters. The van der Waals surface area contributed by atoms with Gasteiger partial charge in [0.2, 0.25) is 0 Å². The summed E-state index contributed by atoms with van der Waals surface area (Å²) in [5.74, 6) is 0. The summed E-state index contributed by atoms with van der Waals surface area (Å²) >= 11 is 7.68. The minimum absolute atomic E-state index is 0.338. The molecule has 0 bridgehead atoms. The Morgan fingerprint density at radius 1 is 1.28 bits per heavy atom. The molecule has 1 N–H and O–H groups in total. The van der Waals surface area contributed by atoms with Crippen molar-refractivity contribution in [3.8, 4) is 0 Å². The van der Waals surface area contributed by atoms with Crippen LogP contribution in [0.3, 0.4) is 0 Å². The lowest BCUT2D eigenvalue weighted by atomic mass is 10.1. The van der Waals surface area contributed by atoms with E-state index in [1.165, 1.54) is 10.4 Å². The van der Waals surface area contributed by atoms with Crippen LogP contribution in [0.15, 0.2) is 36.7 Å². The second-order valence-electron chi connectivity index (χ2n) is 4.21. The molecule has 0 amide bonds. The lowest BCUT2D eigenvalue weighted by Gasteiger charge is -2.17. The summed E-state index contributed by atoms with van der Waals surface area (Å²) in [5, 5.41) is 3.58. The molecular formula is C14H17ClN2S. The zero-order chi connectivity index (χ0) is 12.8. The van der Waals surface area contributed by atoms with E-state index in [9.17, 15) is 0 Å². The van der Waals surface area contributed by atoms with Crippen LogP contribution in [-0.2, 0) is 6.42 Å². The summed E-state index contributed by atoms with van der Waals surface area (Å²) in [6, 6.07) is 8.55. The van der Waals surface area contributed by atoms with Crippen molar-refractivity contribution in [3.05, 3.63) is 51.4 Å². The van der Waals surface area contributed by atoms with Gasteiger partial charge in [-0.1, -0.05) is 18.5 Å². The molecule has 1 unspecified atom stereocenters. The second-order valence-corrected chi connectivity index (χ2v) is 5.95. The smallest absolute Gasteiger partial charge is 0.0931 e. The van der Waals surface area contributed by atoms with E-state index in [4.69, 9.17) is 11.6 Å². The monoisotopic (exact) mass is 280 g/mol. The number of nitrogens with zero attached hydrogens (tertiary/aromatic N) is 1. The average molecular weight is 281 g/mol. The van der Waals surface area contributed by atoms with E-state index in [2.05, 4.69) is 35.4 Å². The Bertz CT molecular complexity index is 470. The van der Waals surface area contributed by atoms with E-state index in [0.717, 1.165) is 23.7 Å². The van der Waals surface area contributed by atoms with Crippen LogP contribution in [0.4, 0.5) is 0 Å². The van der Waals surface area contributed by atoms with Gasteiger partial charge in [-0.15, -0.1) is 11.3 Å². The first kappa shape index (κ1) is 13.5. The first-order valence-electron chi connectivity index (χ1n) is 6.17. The summed E-state index contributed by atoms with van der Waals surface area (Å²) in [7, 11) is 0. The van der Waals surface area contributed by atoms with Crippen molar-refractivity contribution in [2.24, 2.45) is 0 Å². The van der Waals surface area contributed by atoms with E-state index >= 15 is 0 Å². The summed E-state index contributed by atoms with van der Waals surface area (Å²) in [6.45, 7) is 3.20. The molecule has 0 aliphatic carbocycles. The third-order valence-electron chi connectivity index (χ3n) is 2.77. The Labute approximate surface area is 117 Å². The van der Waals surface area contributed by atoms with E-state index in [0.29, 0.717) is 6.04 Å². The largest absolute Gasteiger partial charge is 0.309 e. The number of thiophene rings is 1. The highest BCUT2D eigenvalue weighted by atomic mass is 35.5. The lowest BCUT2D eigenvalue weighted by Crippen LogP contribution is -2.23. The van der Waals surface area contributed by atoms with Crippen molar-refractivity contribution in [2.45, 2.75) is 25.8 Å². The van der Waals surface area contributed by atoms with Crippen LogP contribution in [0.5, 0.6) is 0 Å². The van der Waals surface area contributed by atoms with Gasteiger partial charge in [0.1, 0.15) is 0 Å². The molecular weight excluding hydrogens is 264 g/mol. The topological polar surface area (TPSA) is 24.9 Å². The highest BCUT2D eigenvalue weighted by Gasteiger charge is 2.13. The molecule has 4 heteroatoms. The van der Waals surface area contributed by atoms with Gasteiger partial charge in [0.15, 0.2) is 0 Å². The number of hydrogen-bond donors (Lipinski definition) is 1. The number of pyridine rings is 1. The van der Waals surface area contributed by atoms with Crippen LogP contribution < -0.4 is 5.32 Å². The Morgan fingerprint density at radius 3 is 2.67 bits per heavy atom. The Morgan fingerprint density at radius 2 is 2.06 bits per heavy atom. The molecule has 2 rings (SSSR count). The predicted octanol–water partition coefficient (Wildman–Crippen LogP) is 4.08. The minimum Gasteiger partial charge on any atom is -0.309 e. The number of nitrogens with one attached hydrogen (secondary N) is 1. The molecule has 0 aliphatic heterocycles. The first-order valence-corrected chi connectivity index (χ1v) is 7.36. The maximum atomic E-state index is 6.02. The standard InChI is InChI=1S/C14H17ClN2S/c1-2-7-17-12(13-3-4-14(15)18-13)10-11-5-8-16-9-6-11/h3-6,8-9,12,17H,2,7,10H2,1H3. The number of halogens is 1. The molecule has 2 heterocycles. The van der Waals surface area contributed by atoms with Gasteiger partial charge in [-0.05, 0) is 49.2 Å². The SMILES string of the molecule is CCCNC(Cc1ccncc1)c1ccc(Cl)s1. The molecule has 0 radical (unpaired) electrons. The third kappa shape index (κ3) is 3.80. The van der Waals surface area contributed by atoms with Crippen molar-refractivity contribution in [2.75, 3.05) is 6.54 Å². The predicted molar refractivity (Wildman–Crippen MR) is 78.3 cm³/mol. The van der Waals surface area contributed by atoms with E-state index < -0.39 is 0 Å². The Balaban J connectivity index is 2.10. The molecule has 0 spiro atoms. The van der Waals surface area contributed by atoms with Gasteiger partial charge < -0.3 is 5.32 Å². The van der Waals surface area contributed by atoms with Crippen molar-refractivity contribution in [1.82, 2.24) is 10.3 Å². The van der Waals surface area contributed by atoms with Gasteiger partial charge in [0.25, 0.3) is 0 Å². The fourth-order valence-electron chi connectivity index (χ4n) is 1.86.